The zero-order valence-corrected chi connectivity index (χ0v) is 15.5. The van der Waals surface area contributed by atoms with Crippen LogP contribution in [0.1, 0.15) is 11.7 Å². The molecular weight excluding hydrogens is 400 g/mol. The molecule has 142 valence electrons. The van der Waals surface area contributed by atoms with Gasteiger partial charge in [0.25, 0.3) is 5.89 Å². The number of anilines is 1. The fraction of sp³-hybridized carbons (Fsp3) is 0.200. The molecule has 0 bridgehead atoms. The zero-order valence-electron chi connectivity index (χ0n) is 13.9. The van der Waals surface area contributed by atoms with Gasteiger partial charge in [-0.25, -0.2) is 8.42 Å². The molecule has 2 aromatic heterocycles. The lowest BCUT2D eigenvalue weighted by atomic mass is 10.3. The van der Waals surface area contributed by atoms with Crippen molar-refractivity contribution in [2.24, 2.45) is 0 Å². The van der Waals surface area contributed by atoms with Crippen molar-refractivity contribution in [2.45, 2.75) is 18.8 Å². The zero-order chi connectivity index (χ0) is 19.4. The minimum Gasteiger partial charge on any atom is -0.484 e. The van der Waals surface area contributed by atoms with Crippen LogP contribution < -0.4 is 10.1 Å². The van der Waals surface area contributed by atoms with Gasteiger partial charge >= 0.3 is 5.22 Å². The van der Waals surface area contributed by atoms with E-state index in [0.29, 0.717) is 16.5 Å². The third-order valence-electron chi connectivity index (χ3n) is 3.11. The second-order valence-electron chi connectivity index (χ2n) is 5.33. The Kier molecular flexibility index (Phi) is 5.42. The van der Waals surface area contributed by atoms with E-state index in [9.17, 15) is 13.2 Å². The van der Waals surface area contributed by atoms with Crippen LogP contribution in [0.5, 0.6) is 5.75 Å². The van der Waals surface area contributed by atoms with Gasteiger partial charge < -0.3 is 19.0 Å². The largest absolute Gasteiger partial charge is 0.484 e. The lowest BCUT2D eigenvalue weighted by Crippen LogP contribution is -2.23. The average Bonchev–Trinajstić information content (AvgIpc) is 3.23. The molecule has 0 saturated heterocycles. The molecule has 0 atom stereocenters. The van der Waals surface area contributed by atoms with Crippen molar-refractivity contribution in [2.75, 3.05) is 11.1 Å². The molecule has 0 saturated carbocycles. The Morgan fingerprint density at radius 1 is 1.26 bits per heavy atom. The number of aryl methyl sites for hydroxylation is 1. The summed E-state index contributed by atoms with van der Waals surface area (Å²) in [7, 11) is -4.12. The number of nitrogens with zero attached hydrogens (tertiary/aromatic N) is 3. The molecule has 0 radical (unpaired) electrons. The van der Waals surface area contributed by atoms with Gasteiger partial charge in [-0.05, 0) is 31.2 Å². The van der Waals surface area contributed by atoms with E-state index < -0.39 is 26.7 Å². The van der Waals surface area contributed by atoms with E-state index >= 15 is 0 Å². The summed E-state index contributed by atoms with van der Waals surface area (Å²) >= 11 is 5.77. The van der Waals surface area contributed by atoms with Crippen LogP contribution in [-0.4, -0.2) is 35.4 Å². The van der Waals surface area contributed by atoms with E-state index in [-0.39, 0.29) is 18.3 Å². The molecule has 3 aromatic rings. The summed E-state index contributed by atoms with van der Waals surface area (Å²) in [5, 5.41) is 12.8. The number of amides is 1. The fourth-order valence-electron chi connectivity index (χ4n) is 1.94. The van der Waals surface area contributed by atoms with Gasteiger partial charge in [0.1, 0.15) is 17.3 Å². The minimum absolute atomic E-state index is 0.0592. The van der Waals surface area contributed by atoms with Crippen molar-refractivity contribution in [1.29, 1.82) is 0 Å². The van der Waals surface area contributed by atoms with Gasteiger partial charge in [0, 0.05) is 11.1 Å². The number of halogens is 1. The minimum atomic E-state index is -4.12. The van der Waals surface area contributed by atoms with Crippen molar-refractivity contribution in [1.82, 2.24) is 15.4 Å². The number of ether oxygens (including phenoxy) is 1. The highest BCUT2D eigenvalue weighted by molar-refractivity contribution is 7.91. The standard InChI is InChI=1S/C15H13ClN4O6S/c1-9-6-12(20-26-9)17-13(21)8-27(22,23)15-19-18-14(25-15)7-24-11-4-2-10(16)3-5-11/h2-6H,7-8H2,1H3,(H,17,20,21). The first kappa shape index (κ1) is 18.9. The molecule has 2 heterocycles. The molecule has 1 amide bonds. The third kappa shape index (κ3) is 5.05. The van der Waals surface area contributed by atoms with Gasteiger partial charge in [-0.3, -0.25) is 4.79 Å². The van der Waals surface area contributed by atoms with Crippen molar-refractivity contribution in [3.63, 3.8) is 0 Å². The second kappa shape index (κ2) is 7.76. The average molecular weight is 413 g/mol. The maximum Gasteiger partial charge on any atom is 0.336 e. The van der Waals surface area contributed by atoms with Crippen LogP contribution >= 0.6 is 11.6 Å². The lowest BCUT2D eigenvalue weighted by molar-refractivity contribution is -0.113. The normalized spacial score (nSPS) is 11.3. The molecule has 0 aliphatic rings. The summed E-state index contributed by atoms with van der Waals surface area (Å²) in [6, 6.07) is 7.98. The molecule has 27 heavy (non-hydrogen) atoms. The van der Waals surface area contributed by atoms with Crippen LogP contribution in [0, 0.1) is 6.92 Å². The predicted molar refractivity (Wildman–Crippen MR) is 92.0 cm³/mol. The van der Waals surface area contributed by atoms with E-state index in [1.165, 1.54) is 6.07 Å². The van der Waals surface area contributed by atoms with Crippen LogP contribution in [0.25, 0.3) is 0 Å². The Balaban J connectivity index is 1.60. The topological polar surface area (TPSA) is 137 Å². The number of rotatable bonds is 7. The number of hydrogen-bond donors (Lipinski definition) is 1. The number of carbonyl (C=O) groups excluding carboxylic acids is 1. The molecule has 1 aromatic carbocycles. The Bertz CT molecular complexity index is 1040. The van der Waals surface area contributed by atoms with Gasteiger partial charge in [0.2, 0.25) is 15.7 Å². The maximum absolute atomic E-state index is 12.2. The monoisotopic (exact) mass is 412 g/mol. The SMILES string of the molecule is Cc1cc(NC(=O)CS(=O)(=O)c2nnc(COc3ccc(Cl)cc3)o2)no1. The predicted octanol–water partition coefficient (Wildman–Crippen LogP) is 2.01. The molecule has 12 heteroatoms. The van der Waals surface area contributed by atoms with E-state index in [1.54, 1.807) is 31.2 Å². The lowest BCUT2D eigenvalue weighted by Gasteiger charge is -2.02. The van der Waals surface area contributed by atoms with E-state index in [0.717, 1.165) is 0 Å². The highest BCUT2D eigenvalue weighted by Crippen LogP contribution is 2.17. The summed E-state index contributed by atoms with van der Waals surface area (Å²) in [5.41, 5.74) is 0. The summed E-state index contributed by atoms with van der Waals surface area (Å²) in [5.74, 6) is -0.704. The Labute approximate surface area is 158 Å². The van der Waals surface area contributed by atoms with Crippen molar-refractivity contribution in [3.8, 4) is 5.75 Å². The van der Waals surface area contributed by atoms with E-state index in [2.05, 4.69) is 20.7 Å². The molecule has 0 aliphatic heterocycles. The van der Waals surface area contributed by atoms with E-state index in [4.69, 9.17) is 25.3 Å². The van der Waals surface area contributed by atoms with Gasteiger partial charge in [-0.15, -0.1) is 5.10 Å². The van der Waals surface area contributed by atoms with Gasteiger partial charge in [-0.2, -0.15) is 0 Å². The third-order valence-corrected chi connectivity index (χ3v) is 4.70. The molecule has 0 spiro atoms. The second-order valence-corrected chi connectivity index (χ2v) is 7.64. The molecule has 0 fully saturated rings. The van der Waals surface area contributed by atoms with Gasteiger partial charge in [0.05, 0.1) is 0 Å². The first-order chi connectivity index (χ1) is 12.8. The smallest absolute Gasteiger partial charge is 0.336 e. The number of hydrogen-bond acceptors (Lipinski definition) is 9. The van der Waals surface area contributed by atoms with Gasteiger partial charge in [-0.1, -0.05) is 21.9 Å². The quantitative estimate of drug-likeness (QED) is 0.617. The Hall–Kier alpha value is -2.92. The van der Waals surface area contributed by atoms with Crippen LogP contribution in [-0.2, 0) is 21.2 Å². The molecule has 0 unspecified atom stereocenters. The summed E-state index contributed by atoms with van der Waals surface area (Å²) in [6.07, 6.45) is 0. The van der Waals surface area contributed by atoms with E-state index in [1.807, 2.05) is 0 Å². The summed E-state index contributed by atoms with van der Waals surface area (Å²) < 4.78 is 39.7. The molecule has 0 aliphatic carbocycles. The summed E-state index contributed by atoms with van der Waals surface area (Å²) in [6.45, 7) is 1.49. The maximum atomic E-state index is 12.2. The number of benzene rings is 1. The van der Waals surface area contributed by atoms with Crippen LogP contribution in [0.4, 0.5) is 5.82 Å². The number of nitrogens with one attached hydrogen (secondary N) is 1. The number of sulfone groups is 1. The Morgan fingerprint density at radius 2 is 2.00 bits per heavy atom. The first-order valence-corrected chi connectivity index (χ1v) is 9.51. The van der Waals surface area contributed by atoms with Crippen molar-refractivity contribution >= 4 is 33.2 Å². The molecule has 3 rings (SSSR count). The highest BCUT2D eigenvalue weighted by atomic mass is 35.5. The highest BCUT2D eigenvalue weighted by Gasteiger charge is 2.26. The fourth-order valence-corrected chi connectivity index (χ4v) is 2.99. The number of carbonyl (C=O) groups is 1. The van der Waals surface area contributed by atoms with Gasteiger partial charge in [0.15, 0.2) is 12.4 Å². The molecule has 10 nitrogen and oxygen atoms in total. The van der Waals surface area contributed by atoms with Crippen LogP contribution in [0.2, 0.25) is 5.02 Å². The number of aromatic nitrogens is 3. The Morgan fingerprint density at radius 3 is 2.67 bits per heavy atom. The van der Waals surface area contributed by atoms with Crippen molar-refractivity contribution in [3.05, 3.63) is 47.0 Å². The van der Waals surface area contributed by atoms with Crippen LogP contribution in [0.3, 0.4) is 0 Å². The van der Waals surface area contributed by atoms with Crippen molar-refractivity contribution < 1.29 is 26.9 Å². The first-order valence-electron chi connectivity index (χ1n) is 7.48. The molecular formula is C15H13ClN4O6S. The summed E-state index contributed by atoms with van der Waals surface area (Å²) in [4.78, 5) is 11.9. The molecule has 1 N–H and O–H groups in total. The van der Waals surface area contributed by atoms with Crippen LogP contribution in [0.15, 0.2) is 44.5 Å².